The molecule has 0 saturated heterocycles. The molecule has 1 fully saturated rings. The standard InChI is InChI=1S/C16H28N4OS/c1-4-13-10-18-14(22-13)11-19-15(17-2)20-12-16(6-5-7-16)8-9-21-3/h10H,4-9,11-12H2,1-3H3,(H2,17,19,20). The number of thiazole rings is 1. The van der Waals surface area contributed by atoms with Crippen LogP contribution in [0.3, 0.4) is 0 Å². The molecule has 0 spiro atoms. The number of hydrogen-bond donors (Lipinski definition) is 2. The number of nitrogens with zero attached hydrogens (tertiary/aromatic N) is 2. The molecule has 0 bridgehead atoms. The highest BCUT2D eigenvalue weighted by Gasteiger charge is 2.36. The topological polar surface area (TPSA) is 58.5 Å². The lowest BCUT2D eigenvalue weighted by Crippen LogP contribution is -2.46. The molecule has 0 radical (unpaired) electrons. The molecule has 1 aromatic rings. The van der Waals surface area contributed by atoms with Gasteiger partial charge in [0.1, 0.15) is 5.01 Å². The van der Waals surface area contributed by atoms with E-state index >= 15 is 0 Å². The Labute approximate surface area is 137 Å². The van der Waals surface area contributed by atoms with Crippen molar-refractivity contribution in [2.45, 2.75) is 45.6 Å². The van der Waals surface area contributed by atoms with Crippen molar-refractivity contribution in [3.63, 3.8) is 0 Å². The fraction of sp³-hybridized carbons (Fsp3) is 0.750. The molecule has 1 saturated carbocycles. The van der Waals surface area contributed by atoms with Crippen LogP contribution in [0.25, 0.3) is 0 Å². The van der Waals surface area contributed by atoms with Gasteiger partial charge in [-0.25, -0.2) is 4.98 Å². The first-order chi connectivity index (χ1) is 10.7. The highest BCUT2D eigenvalue weighted by atomic mass is 32.1. The molecule has 2 rings (SSSR count). The predicted molar refractivity (Wildman–Crippen MR) is 92.5 cm³/mol. The van der Waals surface area contributed by atoms with Crippen LogP contribution in [-0.4, -0.2) is 38.3 Å². The quantitative estimate of drug-likeness (QED) is 0.570. The lowest BCUT2D eigenvalue weighted by Gasteiger charge is -2.42. The summed E-state index contributed by atoms with van der Waals surface area (Å²) >= 11 is 1.76. The highest BCUT2D eigenvalue weighted by molar-refractivity contribution is 7.11. The van der Waals surface area contributed by atoms with Gasteiger partial charge in [0.15, 0.2) is 5.96 Å². The maximum absolute atomic E-state index is 5.24. The molecule has 0 unspecified atom stereocenters. The summed E-state index contributed by atoms with van der Waals surface area (Å²) < 4.78 is 5.24. The Hall–Kier alpha value is -1.14. The zero-order chi connectivity index (χ0) is 15.8. The van der Waals surface area contributed by atoms with Crippen LogP contribution in [-0.2, 0) is 17.7 Å². The summed E-state index contributed by atoms with van der Waals surface area (Å²) in [6.07, 6.45) is 8.04. The minimum Gasteiger partial charge on any atom is -0.385 e. The lowest BCUT2D eigenvalue weighted by atomic mass is 9.67. The maximum Gasteiger partial charge on any atom is 0.191 e. The molecule has 0 aromatic carbocycles. The normalized spacial score (nSPS) is 17.1. The van der Waals surface area contributed by atoms with Gasteiger partial charge >= 0.3 is 0 Å². The summed E-state index contributed by atoms with van der Waals surface area (Å²) in [4.78, 5) is 10.1. The van der Waals surface area contributed by atoms with Crippen molar-refractivity contribution in [1.82, 2.24) is 15.6 Å². The second-order valence-electron chi connectivity index (χ2n) is 5.95. The second kappa shape index (κ2) is 8.48. The van der Waals surface area contributed by atoms with Crippen molar-refractivity contribution in [3.8, 4) is 0 Å². The Morgan fingerprint density at radius 1 is 1.45 bits per heavy atom. The van der Waals surface area contributed by atoms with Gasteiger partial charge in [-0.1, -0.05) is 13.3 Å². The number of ether oxygens (including phenoxy) is 1. The fourth-order valence-corrected chi connectivity index (χ4v) is 3.56. The molecule has 1 aromatic heterocycles. The average Bonchev–Trinajstić information content (AvgIpc) is 2.96. The van der Waals surface area contributed by atoms with Crippen LogP contribution in [0.15, 0.2) is 11.2 Å². The molecule has 1 aliphatic rings. The number of methoxy groups -OCH3 is 1. The van der Waals surface area contributed by atoms with Crippen molar-refractivity contribution in [1.29, 1.82) is 0 Å². The largest absolute Gasteiger partial charge is 0.385 e. The van der Waals surface area contributed by atoms with Gasteiger partial charge in [0.05, 0.1) is 6.54 Å². The molecule has 2 N–H and O–H groups in total. The smallest absolute Gasteiger partial charge is 0.191 e. The Morgan fingerprint density at radius 2 is 2.27 bits per heavy atom. The molecular formula is C16H28N4OS. The van der Waals surface area contributed by atoms with Gasteiger partial charge in [-0.05, 0) is 31.1 Å². The zero-order valence-corrected chi connectivity index (χ0v) is 14.8. The molecule has 1 aliphatic carbocycles. The van der Waals surface area contributed by atoms with E-state index < -0.39 is 0 Å². The number of guanidine groups is 1. The molecule has 0 aliphatic heterocycles. The van der Waals surface area contributed by atoms with E-state index in [1.54, 1.807) is 18.4 Å². The van der Waals surface area contributed by atoms with E-state index in [2.05, 4.69) is 27.5 Å². The minimum atomic E-state index is 0.393. The first-order valence-corrected chi connectivity index (χ1v) is 8.90. The summed E-state index contributed by atoms with van der Waals surface area (Å²) in [6, 6.07) is 0. The van der Waals surface area contributed by atoms with E-state index in [1.165, 1.54) is 24.1 Å². The van der Waals surface area contributed by atoms with Gasteiger partial charge in [-0.3, -0.25) is 4.99 Å². The first kappa shape index (κ1) is 17.2. The molecule has 5 nitrogen and oxygen atoms in total. The van der Waals surface area contributed by atoms with Crippen LogP contribution in [0.5, 0.6) is 0 Å². The van der Waals surface area contributed by atoms with Crippen LogP contribution >= 0.6 is 11.3 Å². The number of aryl methyl sites for hydroxylation is 1. The average molecular weight is 324 g/mol. The summed E-state index contributed by atoms with van der Waals surface area (Å²) in [7, 11) is 3.59. The summed E-state index contributed by atoms with van der Waals surface area (Å²) in [5, 5.41) is 7.94. The minimum absolute atomic E-state index is 0.393. The van der Waals surface area contributed by atoms with Gasteiger partial charge in [0.25, 0.3) is 0 Å². The van der Waals surface area contributed by atoms with Crippen LogP contribution in [0.1, 0.15) is 42.5 Å². The highest BCUT2D eigenvalue weighted by Crippen LogP contribution is 2.43. The second-order valence-corrected chi connectivity index (χ2v) is 7.15. The third-order valence-electron chi connectivity index (χ3n) is 4.46. The van der Waals surface area contributed by atoms with E-state index in [4.69, 9.17) is 4.74 Å². The van der Waals surface area contributed by atoms with Crippen LogP contribution in [0.2, 0.25) is 0 Å². The molecule has 0 atom stereocenters. The van der Waals surface area contributed by atoms with Crippen LogP contribution in [0.4, 0.5) is 0 Å². The summed E-state index contributed by atoms with van der Waals surface area (Å²) in [5.41, 5.74) is 0.393. The van der Waals surface area contributed by atoms with Gasteiger partial charge in [0.2, 0.25) is 0 Å². The van der Waals surface area contributed by atoms with Gasteiger partial charge < -0.3 is 15.4 Å². The van der Waals surface area contributed by atoms with E-state index in [0.29, 0.717) is 5.41 Å². The van der Waals surface area contributed by atoms with Gasteiger partial charge in [-0.2, -0.15) is 0 Å². The monoisotopic (exact) mass is 324 g/mol. The Balaban J connectivity index is 1.77. The van der Waals surface area contributed by atoms with Gasteiger partial charge in [0, 0.05) is 38.4 Å². The van der Waals surface area contributed by atoms with E-state index in [0.717, 1.165) is 43.5 Å². The van der Waals surface area contributed by atoms with Crippen molar-refractivity contribution < 1.29 is 4.74 Å². The van der Waals surface area contributed by atoms with E-state index in [9.17, 15) is 0 Å². The third-order valence-corrected chi connectivity index (χ3v) is 5.60. The van der Waals surface area contributed by atoms with E-state index in [1.807, 2.05) is 13.2 Å². The van der Waals surface area contributed by atoms with Crippen molar-refractivity contribution in [2.24, 2.45) is 10.4 Å². The fourth-order valence-electron chi connectivity index (χ4n) is 2.75. The molecule has 124 valence electrons. The molecule has 6 heteroatoms. The molecule has 0 amide bonds. The number of rotatable bonds is 8. The predicted octanol–water partition coefficient (Wildman–Crippen LogP) is 2.58. The lowest BCUT2D eigenvalue weighted by molar-refractivity contribution is 0.0732. The summed E-state index contributed by atoms with van der Waals surface area (Å²) in [6.45, 7) is 4.69. The molecule has 1 heterocycles. The van der Waals surface area contributed by atoms with Crippen LogP contribution < -0.4 is 10.6 Å². The Kier molecular flexibility index (Phi) is 6.64. The SMILES string of the molecule is CCc1cnc(CNC(=NC)NCC2(CCOC)CCC2)s1. The third kappa shape index (κ3) is 4.68. The van der Waals surface area contributed by atoms with Crippen molar-refractivity contribution >= 4 is 17.3 Å². The number of hydrogen-bond acceptors (Lipinski definition) is 4. The number of nitrogens with one attached hydrogen (secondary N) is 2. The number of aliphatic imine (C=N–C) groups is 1. The van der Waals surface area contributed by atoms with E-state index in [-0.39, 0.29) is 0 Å². The molecular weight excluding hydrogens is 296 g/mol. The zero-order valence-electron chi connectivity index (χ0n) is 13.9. The van der Waals surface area contributed by atoms with Crippen molar-refractivity contribution in [2.75, 3.05) is 27.3 Å². The Morgan fingerprint density at radius 3 is 2.82 bits per heavy atom. The van der Waals surface area contributed by atoms with Gasteiger partial charge in [-0.15, -0.1) is 11.3 Å². The summed E-state index contributed by atoms with van der Waals surface area (Å²) in [5.74, 6) is 0.858. The van der Waals surface area contributed by atoms with Crippen molar-refractivity contribution in [3.05, 3.63) is 16.1 Å². The first-order valence-electron chi connectivity index (χ1n) is 8.08. The Bertz CT molecular complexity index is 482. The number of aromatic nitrogens is 1. The molecule has 22 heavy (non-hydrogen) atoms. The maximum atomic E-state index is 5.24. The van der Waals surface area contributed by atoms with Crippen LogP contribution in [0, 0.1) is 5.41 Å².